The molecule has 0 aliphatic heterocycles. The minimum atomic E-state index is -0.922. The molecular formula is C16H18N4O2. The highest BCUT2D eigenvalue weighted by Gasteiger charge is 2.30. The van der Waals surface area contributed by atoms with Gasteiger partial charge in [-0.1, -0.05) is 26.0 Å². The van der Waals surface area contributed by atoms with Crippen LogP contribution in [0, 0.1) is 17.2 Å². The molecule has 0 saturated carbocycles. The Hall–Kier alpha value is -2.68. The number of nitriles is 1. The molecule has 1 aromatic carbocycles. The summed E-state index contributed by atoms with van der Waals surface area (Å²) in [6.45, 7) is 5.24. The van der Waals surface area contributed by atoms with Crippen molar-refractivity contribution in [3.05, 3.63) is 30.6 Å². The first-order valence-corrected chi connectivity index (χ1v) is 7.01. The third kappa shape index (κ3) is 3.31. The van der Waals surface area contributed by atoms with Crippen LogP contribution in [0.15, 0.2) is 30.6 Å². The number of ether oxygens (including phenoxy) is 1. The van der Waals surface area contributed by atoms with Gasteiger partial charge in [-0.3, -0.25) is 4.79 Å². The van der Waals surface area contributed by atoms with E-state index >= 15 is 0 Å². The third-order valence-electron chi connectivity index (χ3n) is 3.63. The standard InChI is InChI=1S/C16H18N4O2/c1-11(2)16(3,9-17)20-14(21)8-22-15-12-6-4-5-7-13(12)18-10-19-15/h4-7,10-11H,8H2,1-3H3,(H,20,21). The van der Waals surface area contributed by atoms with E-state index in [0.29, 0.717) is 5.88 Å². The van der Waals surface area contributed by atoms with E-state index in [1.807, 2.05) is 38.1 Å². The predicted octanol–water partition coefficient (Wildman–Crippen LogP) is 2.06. The van der Waals surface area contributed by atoms with Crippen molar-refractivity contribution in [1.29, 1.82) is 5.26 Å². The fraction of sp³-hybridized carbons (Fsp3) is 0.375. The van der Waals surface area contributed by atoms with Gasteiger partial charge in [0.05, 0.1) is 17.0 Å². The average molecular weight is 298 g/mol. The molecule has 2 aromatic rings. The molecule has 0 aliphatic rings. The number of fused-ring (bicyclic) bond motifs is 1. The highest BCUT2D eigenvalue weighted by atomic mass is 16.5. The second kappa shape index (κ2) is 6.39. The van der Waals surface area contributed by atoms with Crippen LogP contribution in [0.25, 0.3) is 10.9 Å². The van der Waals surface area contributed by atoms with Gasteiger partial charge in [0.2, 0.25) is 5.88 Å². The summed E-state index contributed by atoms with van der Waals surface area (Å²) in [5, 5.41) is 12.6. The van der Waals surface area contributed by atoms with Crippen LogP contribution < -0.4 is 10.1 Å². The molecule has 6 nitrogen and oxygen atoms in total. The molecule has 1 atom stereocenters. The maximum Gasteiger partial charge on any atom is 0.259 e. The fourth-order valence-electron chi connectivity index (χ4n) is 1.86. The van der Waals surface area contributed by atoms with Crippen molar-refractivity contribution in [2.45, 2.75) is 26.3 Å². The van der Waals surface area contributed by atoms with Crippen molar-refractivity contribution in [3.8, 4) is 11.9 Å². The van der Waals surface area contributed by atoms with Crippen LogP contribution in [0.2, 0.25) is 0 Å². The second-order valence-corrected chi connectivity index (χ2v) is 5.50. The lowest BCUT2D eigenvalue weighted by Gasteiger charge is -2.27. The minimum Gasteiger partial charge on any atom is -0.467 e. The summed E-state index contributed by atoms with van der Waals surface area (Å²) < 4.78 is 5.48. The molecule has 0 bridgehead atoms. The number of nitrogens with zero attached hydrogens (tertiary/aromatic N) is 3. The molecule has 1 aromatic heterocycles. The van der Waals surface area contributed by atoms with Gasteiger partial charge in [-0.05, 0) is 25.0 Å². The van der Waals surface area contributed by atoms with E-state index in [4.69, 9.17) is 4.74 Å². The number of carbonyl (C=O) groups excluding carboxylic acids is 1. The summed E-state index contributed by atoms with van der Waals surface area (Å²) in [4.78, 5) is 20.2. The smallest absolute Gasteiger partial charge is 0.259 e. The van der Waals surface area contributed by atoms with E-state index in [0.717, 1.165) is 10.9 Å². The van der Waals surface area contributed by atoms with Crippen molar-refractivity contribution < 1.29 is 9.53 Å². The summed E-state index contributed by atoms with van der Waals surface area (Å²) in [5.74, 6) is -0.0225. The summed E-state index contributed by atoms with van der Waals surface area (Å²) in [5.41, 5.74) is -0.175. The zero-order valence-electron chi connectivity index (χ0n) is 12.8. The fourth-order valence-corrected chi connectivity index (χ4v) is 1.86. The van der Waals surface area contributed by atoms with Gasteiger partial charge >= 0.3 is 0 Å². The number of carbonyl (C=O) groups is 1. The van der Waals surface area contributed by atoms with Gasteiger partial charge < -0.3 is 10.1 Å². The second-order valence-electron chi connectivity index (χ2n) is 5.50. The lowest BCUT2D eigenvalue weighted by Crippen LogP contribution is -2.50. The Morgan fingerprint density at radius 2 is 2.14 bits per heavy atom. The van der Waals surface area contributed by atoms with E-state index in [1.165, 1.54) is 6.33 Å². The first kappa shape index (κ1) is 15.7. The monoisotopic (exact) mass is 298 g/mol. The van der Waals surface area contributed by atoms with Crippen LogP contribution in [0.1, 0.15) is 20.8 Å². The third-order valence-corrected chi connectivity index (χ3v) is 3.63. The van der Waals surface area contributed by atoms with Gasteiger partial charge in [0.25, 0.3) is 5.91 Å². The predicted molar refractivity (Wildman–Crippen MR) is 82.0 cm³/mol. The average Bonchev–Trinajstić information content (AvgIpc) is 2.52. The van der Waals surface area contributed by atoms with Crippen molar-refractivity contribution in [1.82, 2.24) is 15.3 Å². The Morgan fingerprint density at radius 1 is 1.41 bits per heavy atom. The van der Waals surface area contributed by atoms with Crippen LogP contribution in [-0.2, 0) is 4.79 Å². The number of rotatable bonds is 5. The zero-order valence-corrected chi connectivity index (χ0v) is 12.8. The van der Waals surface area contributed by atoms with E-state index in [9.17, 15) is 10.1 Å². The van der Waals surface area contributed by atoms with Crippen LogP contribution in [-0.4, -0.2) is 28.0 Å². The normalized spacial score (nSPS) is 13.4. The molecule has 1 unspecified atom stereocenters. The topological polar surface area (TPSA) is 87.9 Å². The van der Waals surface area contributed by atoms with Crippen LogP contribution in [0.4, 0.5) is 0 Å². The molecule has 6 heteroatoms. The van der Waals surface area contributed by atoms with E-state index < -0.39 is 5.54 Å². The number of nitrogens with one attached hydrogen (secondary N) is 1. The largest absolute Gasteiger partial charge is 0.467 e. The quantitative estimate of drug-likeness (QED) is 0.912. The van der Waals surface area contributed by atoms with E-state index in [2.05, 4.69) is 21.4 Å². The van der Waals surface area contributed by atoms with Gasteiger partial charge in [-0.15, -0.1) is 0 Å². The maximum absolute atomic E-state index is 12.0. The Morgan fingerprint density at radius 3 is 2.82 bits per heavy atom. The number of hydrogen-bond donors (Lipinski definition) is 1. The van der Waals surface area contributed by atoms with Crippen molar-refractivity contribution in [2.24, 2.45) is 5.92 Å². The molecular weight excluding hydrogens is 280 g/mol. The van der Waals surface area contributed by atoms with Crippen molar-refractivity contribution >= 4 is 16.8 Å². The SMILES string of the molecule is CC(C)C(C)(C#N)NC(=O)COc1ncnc2ccccc12. The Labute approximate surface area is 129 Å². The van der Waals surface area contributed by atoms with Crippen molar-refractivity contribution in [2.75, 3.05) is 6.61 Å². The summed E-state index contributed by atoms with van der Waals surface area (Å²) >= 11 is 0. The van der Waals surface area contributed by atoms with Crippen LogP contribution >= 0.6 is 0 Å². The van der Waals surface area contributed by atoms with Gasteiger partial charge in [0.1, 0.15) is 11.9 Å². The lowest BCUT2D eigenvalue weighted by atomic mass is 9.90. The number of amides is 1. The molecule has 0 fully saturated rings. The highest BCUT2D eigenvalue weighted by molar-refractivity contribution is 5.84. The molecule has 22 heavy (non-hydrogen) atoms. The zero-order chi connectivity index (χ0) is 16.2. The maximum atomic E-state index is 12.0. The highest BCUT2D eigenvalue weighted by Crippen LogP contribution is 2.20. The minimum absolute atomic E-state index is 0.0127. The lowest BCUT2D eigenvalue weighted by molar-refractivity contribution is -0.124. The Balaban J connectivity index is 2.06. The Kier molecular flexibility index (Phi) is 4.56. The summed E-state index contributed by atoms with van der Waals surface area (Å²) in [7, 11) is 0. The van der Waals surface area contributed by atoms with Crippen LogP contribution in [0.5, 0.6) is 5.88 Å². The summed E-state index contributed by atoms with van der Waals surface area (Å²) in [6.07, 6.45) is 1.39. The molecule has 1 amide bonds. The first-order valence-electron chi connectivity index (χ1n) is 7.01. The molecule has 2 rings (SSSR count). The van der Waals surface area contributed by atoms with Crippen LogP contribution in [0.3, 0.4) is 0 Å². The van der Waals surface area contributed by atoms with Gasteiger partial charge in [0, 0.05) is 0 Å². The molecule has 0 aliphatic carbocycles. The van der Waals surface area contributed by atoms with Gasteiger partial charge in [-0.25, -0.2) is 9.97 Å². The molecule has 1 heterocycles. The summed E-state index contributed by atoms with van der Waals surface area (Å²) in [6, 6.07) is 9.51. The van der Waals surface area contributed by atoms with Gasteiger partial charge in [-0.2, -0.15) is 5.26 Å². The number of para-hydroxylation sites is 1. The number of hydrogen-bond acceptors (Lipinski definition) is 5. The van der Waals surface area contributed by atoms with Crippen molar-refractivity contribution in [3.63, 3.8) is 0 Å². The molecule has 0 saturated heterocycles. The molecule has 0 spiro atoms. The number of benzene rings is 1. The first-order chi connectivity index (χ1) is 10.5. The number of aromatic nitrogens is 2. The van der Waals surface area contributed by atoms with Gasteiger partial charge in [0.15, 0.2) is 6.61 Å². The van der Waals surface area contributed by atoms with E-state index in [1.54, 1.807) is 6.92 Å². The molecule has 0 radical (unpaired) electrons. The molecule has 114 valence electrons. The Bertz CT molecular complexity index is 718. The molecule has 1 N–H and O–H groups in total. The van der Waals surface area contributed by atoms with E-state index in [-0.39, 0.29) is 18.4 Å².